The predicted octanol–water partition coefficient (Wildman–Crippen LogP) is 3.61. The third-order valence-corrected chi connectivity index (χ3v) is 6.20. The number of benzene rings is 2. The van der Waals surface area contributed by atoms with Gasteiger partial charge in [-0.05, 0) is 63.4 Å². The highest BCUT2D eigenvalue weighted by Crippen LogP contribution is 2.27. The molecule has 8 heteroatoms. The molecule has 1 saturated heterocycles. The SMILES string of the molecule is CC(C(=O)NC1CC1)N1CCN(C(=O)c2cc3ccccc3cc2NC(=O)OC(C)(C)C)CC1. The zero-order chi connectivity index (χ0) is 24.5. The first-order valence-electron chi connectivity index (χ1n) is 12.0. The molecule has 1 aliphatic carbocycles. The highest BCUT2D eigenvalue weighted by atomic mass is 16.6. The van der Waals surface area contributed by atoms with Crippen molar-refractivity contribution in [2.24, 2.45) is 0 Å². The number of fused-ring (bicyclic) bond motifs is 1. The minimum Gasteiger partial charge on any atom is -0.444 e. The molecular weight excluding hydrogens is 432 g/mol. The molecular formula is C26H34N4O4. The number of rotatable bonds is 5. The lowest BCUT2D eigenvalue weighted by Crippen LogP contribution is -2.55. The van der Waals surface area contributed by atoms with Crippen LogP contribution in [0.1, 0.15) is 50.9 Å². The molecule has 0 spiro atoms. The lowest BCUT2D eigenvalue weighted by Gasteiger charge is -2.37. The van der Waals surface area contributed by atoms with Gasteiger partial charge in [0.25, 0.3) is 5.91 Å². The Morgan fingerprint density at radius 2 is 1.62 bits per heavy atom. The molecule has 3 amide bonds. The van der Waals surface area contributed by atoms with E-state index in [2.05, 4.69) is 15.5 Å². The van der Waals surface area contributed by atoms with Gasteiger partial charge < -0.3 is 15.0 Å². The predicted molar refractivity (Wildman–Crippen MR) is 132 cm³/mol. The Kier molecular flexibility index (Phi) is 6.79. The Bertz CT molecular complexity index is 1080. The van der Waals surface area contributed by atoms with Gasteiger partial charge in [0, 0.05) is 32.2 Å². The first-order chi connectivity index (χ1) is 16.1. The molecule has 34 heavy (non-hydrogen) atoms. The van der Waals surface area contributed by atoms with Crippen molar-refractivity contribution in [2.45, 2.75) is 58.2 Å². The molecule has 2 aromatic carbocycles. The second kappa shape index (κ2) is 9.62. The normalized spacial score (nSPS) is 17.8. The minimum atomic E-state index is -0.649. The summed E-state index contributed by atoms with van der Waals surface area (Å²) < 4.78 is 5.41. The van der Waals surface area contributed by atoms with E-state index in [0.717, 1.165) is 23.6 Å². The van der Waals surface area contributed by atoms with E-state index < -0.39 is 11.7 Å². The average Bonchev–Trinajstić information content (AvgIpc) is 3.60. The smallest absolute Gasteiger partial charge is 0.412 e. The number of anilines is 1. The van der Waals surface area contributed by atoms with Crippen molar-refractivity contribution in [3.8, 4) is 0 Å². The summed E-state index contributed by atoms with van der Waals surface area (Å²) in [6.45, 7) is 9.57. The van der Waals surface area contributed by atoms with Gasteiger partial charge in [-0.15, -0.1) is 0 Å². The van der Waals surface area contributed by atoms with Gasteiger partial charge in [0.15, 0.2) is 0 Å². The van der Waals surface area contributed by atoms with Crippen LogP contribution in [0.4, 0.5) is 10.5 Å². The van der Waals surface area contributed by atoms with Crippen LogP contribution in [0.15, 0.2) is 36.4 Å². The monoisotopic (exact) mass is 466 g/mol. The number of ether oxygens (including phenoxy) is 1. The van der Waals surface area contributed by atoms with Gasteiger partial charge in [-0.2, -0.15) is 0 Å². The summed E-state index contributed by atoms with van der Waals surface area (Å²) in [6.07, 6.45) is 1.52. The molecule has 2 fully saturated rings. The average molecular weight is 467 g/mol. The summed E-state index contributed by atoms with van der Waals surface area (Å²) in [5.74, 6) is -0.0906. The van der Waals surface area contributed by atoms with E-state index >= 15 is 0 Å². The van der Waals surface area contributed by atoms with Gasteiger partial charge in [0.2, 0.25) is 5.91 Å². The Morgan fingerprint density at radius 3 is 2.21 bits per heavy atom. The molecule has 1 atom stereocenters. The number of piperazine rings is 1. The maximum Gasteiger partial charge on any atom is 0.412 e. The van der Waals surface area contributed by atoms with Crippen molar-refractivity contribution in [3.05, 3.63) is 42.0 Å². The van der Waals surface area contributed by atoms with E-state index in [0.29, 0.717) is 43.5 Å². The summed E-state index contributed by atoms with van der Waals surface area (Å²) in [5.41, 5.74) is 0.208. The Balaban J connectivity index is 1.49. The van der Waals surface area contributed by atoms with Crippen LogP contribution in [-0.2, 0) is 9.53 Å². The number of carbonyl (C=O) groups excluding carboxylic acids is 3. The molecule has 0 radical (unpaired) electrons. The number of nitrogens with one attached hydrogen (secondary N) is 2. The van der Waals surface area contributed by atoms with Crippen LogP contribution in [0.2, 0.25) is 0 Å². The summed E-state index contributed by atoms with van der Waals surface area (Å²) >= 11 is 0. The van der Waals surface area contributed by atoms with E-state index in [1.165, 1.54) is 0 Å². The van der Waals surface area contributed by atoms with Gasteiger partial charge >= 0.3 is 6.09 Å². The first kappa shape index (κ1) is 24.0. The molecule has 2 aromatic rings. The quantitative estimate of drug-likeness (QED) is 0.703. The maximum absolute atomic E-state index is 13.5. The Morgan fingerprint density at radius 1 is 1.00 bits per heavy atom. The van der Waals surface area contributed by atoms with Gasteiger partial charge in [-0.25, -0.2) is 4.79 Å². The number of hydrogen-bond donors (Lipinski definition) is 2. The number of nitrogens with zero attached hydrogens (tertiary/aromatic N) is 2. The second-order valence-corrected chi connectivity index (χ2v) is 10.2. The first-order valence-corrected chi connectivity index (χ1v) is 12.0. The highest BCUT2D eigenvalue weighted by Gasteiger charge is 2.32. The van der Waals surface area contributed by atoms with E-state index in [1.54, 1.807) is 25.7 Å². The summed E-state index contributed by atoms with van der Waals surface area (Å²) in [7, 11) is 0. The molecule has 0 bridgehead atoms. The molecule has 2 N–H and O–H groups in total. The van der Waals surface area contributed by atoms with Crippen LogP contribution in [0.5, 0.6) is 0 Å². The number of amides is 3. The summed E-state index contributed by atoms with van der Waals surface area (Å²) in [6, 6.07) is 11.5. The summed E-state index contributed by atoms with van der Waals surface area (Å²) in [5, 5.41) is 7.67. The van der Waals surface area contributed by atoms with E-state index in [-0.39, 0.29) is 17.9 Å². The maximum atomic E-state index is 13.5. The van der Waals surface area contributed by atoms with Crippen molar-refractivity contribution >= 4 is 34.4 Å². The van der Waals surface area contributed by atoms with Gasteiger partial charge in [-0.1, -0.05) is 24.3 Å². The van der Waals surface area contributed by atoms with Crippen LogP contribution < -0.4 is 10.6 Å². The van der Waals surface area contributed by atoms with Crippen LogP contribution in [0, 0.1) is 0 Å². The van der Waals surface area contributed by atoms with Crippen molar-refractivity contribution in [3.63, 3.8) is 0 Å². The Hall–Kier alpha value is -3.13. The van der Waals surface area contributed by atoms with Gasteiger partial charge in [0.1, 0.15) is 5.60 Å². The minimum absolute atomic E-state index is 0.0562. The third kappa shape index (κ3) is 5.86. The molecule has 1 heterocycles. The summed E-state index contributed by atoms with van der Waals surface area (Å²) in [4.78, 5) is 42.3. The lowest BCUT2D eigenvalue weighted by atomic mass is 10.0. The van der Waals surface area contributed by atoms with Crippen LogP contribution in [0.25, 0.3) is 10.8 Å². The number of carbonyl (C=O) groups is 3. The van der Waals surface area contributed by atoms with Gasteiger partial charge in [-0.3, -0.25) is 19.8 Å². The van der Waals surface area contributed by atoms with E-state index in [1.807, 2.05) is 43.3 Å². The van der Waals surface area contributed by atoms with Crippen molar-refractivity contribution in [1.82, 2.24) is 15.1 Å². The fourth-order valence-electron chi connectivity index (χ4n) is 4.13. The van der Waals surface area contributed by atoms with Crippen LogP contribution >= 0.6 is 0 Å². The lowest BCUT2D eigenvalue weighted by molar-refractivity contribution is -0.126. The van der Waals surface area contributed by atoms with E-state index in [4.69, 9.17) is 4.74 Å². The standard InChI is InChI=1S/C26H34N4O4/c1-17(23(31)27-20-9-10-20)29-11-13-30(14-12-29)24(32)21-15-18-7-5-6-8-19(18)16-22(21)28-25(33)34-26(2,3)4/h5-8,15-17,20H,9-14H2,1-4H3,(H,27,31)(H,28,33). The zero-order valence-corrected chi connectivity index (χ0v) is 20.4. The highest BCUT2D eigenvalue weighted by molar-refractivity contribution is 6.07. The van der Waals surface area contributed by atoms with Crippen LogP contribution in [0.3, 0.4) is 0 Å². The molecule has 4 rings (SSSR count). The molecule has 1 unspecified atom stereocenters. The zero-order valence-electron chi connectivity index (χ0n) is 20.4. The number of hydrogen-bond acceptors (Lipinski definition) is 5. The second-order valence-electron chi connectivity index (χ2n) is 10.2. The van der Waals surface area contributed by atoms with Crippen molar-refractivity contribution in [2.75, 3.05) is 31.5 Å². The molecule has 8 nitrogen and oxygen atoms in total. The van der Waals surface area contributed by atoms with Crippen LogP contribution in [-0.4, -0.2) is 71.6 Å². The Labute approximate surface area is 200 Å². The topological polar surface area (TPSA) is 91.0 Å². The molecule has 1 aliphatic heterocycles. The third-order valence-electron chi connectivity index (χ3n) is 6.20. The van der Waals surface area contributed by atoms with Crippen molar-refractivity contribution < 1.29 is 19.1 Å². The fraction of sp³-hybridized carbons (Fsp3) is 0.500. The van der Waals surface area contributed by atoms with Gasteiger partial charge in [0.05, 0.1) is 17.3 Å². The molecule has 0 aromatic heterocycles. The van der Waals surface area contributed by atoms with E-state index in [9.17, 15) is 14.4 Å². The molecule has 2 aliphatic rings. The molecule has 182 valence electrons. The largest absolute Gasteiger partial charge is 0.444 e. The fourth-order valence-corrected chi connectivity index (χ4v) is 4.13. The molecule has 1 saturated carbocycles. The van der Waals surface area contributed by atoms with Crippen molar-refractivity contribution in [1.29, 1.82) is 0 Å².